The third-order valence-corrected chi connectivity index (χ3v) is 4.84. The summed E-state index contributed by atoms with van der Waals surface area (Å²) in [7, 11) is 0. The lowest BCUT2D eigenvalue weighted by Crippen LogP contribution is -1.98. The third kappa shape index (κ3) is 3.12. The summed E-state index contributed by atoms with van der Waals surface area (Å²) < 4.78 is 11.3. The Bertz CT molecular complexity index is 1410. The van der Waals surface area contributed by atoms with Gasteiger partial charge in [-0.05, 0) is 30.7 Å². The number of ether oxygens (including phenoxy) is 1. The first-order chi connectivity index (χ1) is 14.2. The van der Waals surface area contributed by atoms with Gasteiger partial charge in [0.25, 0.3) is 0 Å². The number of rotatable bonds is 3. The Hall–Kier alpha value is -3.99. The van der Waals surface area contributed by atoms with Gasteiger partial charge in [0.2, 0.25) is 5.88 Å². The van der Waals surface area contributed by atoms with Crippen molar-refractivity contribution < 1.29 is 9.15 Å². The van der Waals surface area contributed by atoms with Crippen molar-refractivity contribution in [2.45, 2.75) is 6.92 Å². The molecule has 5 heteroatoms. The minimum absolute atomic E-state index is 0.385. The zero-order valence-corrected chi connectivity index (χ0v) is 15.6. The number of nitrogens with zero attached hydrogens (tertiary/aromatic N) is 2. The van der Waals surface area contributed by atoms with Crippen LogP contribution in [0.1, 0.15) is 5.56 Å². The molecule has 0 spiro atoms. The van der Waals surface area contributed by atoms with Crippen LogP contribution >= 0.6 is 0 Å². The second-order valence-electron chi connectivity index (χ2n) is 6.77. The largest absolute Gasteiger partial charge is 0.437 e. The smallest absolute Gasteiger partial charge is 0.336 e. The van der Waals surface area contributed by atoms with E-state index in [4.69, 9.17) is 9.15 Å². The van der Waals surface area contributed by atoms with E-state index in [2.05, 4.69) is 10.2 Å². The molecule has 2 aromatic heterocycles. The second kappa shape index (κ2) is 6.87. The monoisotopic (exact) mass is 380 g/mol. The molecule has 0 aliphatic rings. The van der Waals surface area contributed by atoms with Gasteiger partial charge in [-0.2, -0.15) is 0 Å². The summed E-state index contributed by atoms with van der Waals surface area (Å²) in [5, 5.41) is 11.4. The Labute approximate surface area is 166 Å². The minimum Gasteiger partial charge on any atom is -0.437 e. The maximum absolute atomic E-state index is 11.7. The molecule has 0 aliphatic heterocycles. The number of fused-ring (bicyclic) bond motifs is 2. The van der Waals surface area contributed by atoms with Crippen LogP contribution in [0.25, 0.3) is 33.0 Å². The number of hydrogen-bond donors (Lipinski definition) is 0. The zero-order chi connectivity index (χ0) is 19.8. The molecule has 0 N–H and O–H groups in total. The predicted molar refractivity (Wildman–Crippen MR) is 112 cm³/mol. The SMILES string of the molecule is Cc1cc(=O)oc2cc(Oc3nnc(-c4ccccc4)c4ccccc34)ccc12. The van der Waals surface area contributed by atoms with Gasteiger partial charge >= 0.3 is 5.63 Å². The van der Waals surface area contributed by atoms with E-state index < -0.39 is 0 Å². The average Bonchev–Trinajstić information content (AvgIpc) is 2.74. The maximum Gasteiger partial charge on any atom is 0.336 e. The fourth-order valence-electron chi connectivity index (χ4n) is 3.44. The van der Waals surface area contributed by atoms with E-state index >= 15 is 0 Å². The number of hydrogen-bond acceptors (Lipinski definition) is 5. The molecule has 2 heterocycles. The molecule has 140 valence electrons. The number of benzene rings is 3. The molecule has 0 bridgehead atoms. The molecule has 0 unspecified atom stereocenters. The van der Waals surface area contributed by atoms with E-state index in [0.717, 1.165) is 33.0 Å². The first-order valence-corrected chi connectivity index (χ1v) is 9.22. The molecule has 0 aliphatic carbocycles. The Morgan fingerprint density at radius 1 is 0.793 bits per heavy atom. The summed E-state index contributed by atoms with van der Waals surface area (Å²) in [5.74, 6) is 0.924. The molecule has 0 atom stereocenters. The van der Waals surface area contributed by atoms with Gasteiger partial charge in [0, 0.05) is 33.9 Å². The van der Waals surface area contributed by atoms with Crippen LogP contribution in [0.3, 0.4) is 0 Å². The van der Waals surface area contributed by atoms with Crippen LogP contribution in [0.2, 0.25) is 0 Å². The Morgan fingerprint density at radius 2 is 1.55 bits per heavy atom. The molecular formula is C24H16N2O3. The van der Waals surface area contributed by atoms with Crippen LogP contribution in [0, 0.1) is 6.92 Å². The van der Waals surface area contributed by atoms with E-state index in [-0.39, 0.29) is 5.63 Å². The molecule has 29 heavy (non-hydrogen) atoms. The highest BCUT2D eigenvalue weighted by molar-refractivity contribution is 5.97. The second-order valence-corrected chi connectivity index (χ2v) is 6.77. The molecule has 5 aromatic rings. The van der Waals surface area contributed by atoms with E-state index in [0.29, 0.717) is 17.2 Å². The molecule has 5 nitrogen and oxygen atoms in total. The molecule has 0 radical (unpaired) electrons. The van der Waals surface area contributed by atoms with Crippen LogP contribution < -0.4 is 10.4 Å². The van der Waals surface area contributed by atoms with Crippen molar-refractivity contribution in [1.82, 2.24) is 10.2 Å². The number of aryl methyl sites for hydroxylation is 1. The van der Waals surface area contributed by atoms with Crippen LogP contribution in [0.15, 0.2) is 88.1 Å². The number of aromatic nitrogens is 2. The van der Waals surface area contributed by atoms with Gasteiger partial charge in [0.15, 0.2) is 0 Å². The summed E-state index contributed by atoms with van der Waals surface area (Å²) in [4.78, 5) is 11.7. The molecule has 0 saturated carbocycles. The lowest BCUT2D eigenvalue weighted by Gasteiger charge is -2.11. The van der Waals surface area contributed by atoms with Crippen molar-refractivity contribution in [2.24, 2.45) is 0 Å². The topological polar surface area (TPSA) is 65.2 Å². The van der Waals surface area contributed by atoms with Gasteiger partial charge in [-0.15, -0.1) is 10.2 Å². The first kappa shape index (κ1) is 17.1. The Kier molecular flexibility index (Phi) is 4.06. The maximum atomic E-state index is 11.7. The van der Waals surface area contributed by atoms with Crippen molar-refractivity contribution in [3.05, 3.63) is 94.8 Å². The van der Waals surface area contributed by atoms with Crippen molar-refractivity contribution in [3.63, 3.8) is 0 Å². The molecule has 0 fully saturated rings. The molecule has 3 aromatic carbocycles. The van der Waals surface area contributed by atoms with Crippen molar-refractivity contribution in [2.75, 3.05) is 0 Å². The average molecular weight is 380 g/mol. The van der Waals surface area contributed by atoms with Gasteiger partial charge < -0.3 is 9.15 Å². The van der Waals surface area contributed by atoms with Crippen LogP contribution in [-0.4, -0.2) is 10.2 Å². The fraction of sp³-hybridized carbons (Fsp3) is 0.0417. The summed E-state index contributed by atoms with van der Waals surface area (Å²) in [6.45, 7) is 1.88. The highest BCUT2D eigenvalue weighted by Gasteiger charge is 2.13. The normalized spacial score (nSPS) is 11.1. The van der Waals surface area contributed by atoms with Gasteiger partial charge in [-0.1, -0.05) is 48.5 Å². The summed E-state index contributed by atoms with van der Waals surface area (Å²) in [6.07, 6.45) is 0. The van der Waals surface area contributed by atoms with Crippen LogP contribution in [0.5, 0.6) is 11.6 Å². The third-order valence-electron chi connectivity index (χ3n) is 4.84. The van der Waals surface area contributed by atoms with Crippen LogP contribution in [0.4, 0.5) is 0 Å². The first-order valence-electron chi connectivity index (χ1n) is 9.22. The fourth-order valence-corrected chi connectivity index (χ4v) is 3.44. The van der Waals surface area contributed by atoms with Crippen molar-refractivity contribution in [1.29, 1.82) is 0 Å². The van der Waals surface area contributed by atoms with Crippen molar-refractivity contribution in [3.8, 4) is 22.9 Å². The standard InChI is InChI=1S/C24H16N2O3/c1-15-13-22(27)29-21-14-17(11-12-18(15)21)28-24-20-10-6-5-9-19(20)23(25-26-24)16-7-3-2-4-8-16/h2-14H,1H3. The Balaban J connectivity index is 1.61. The van der Waals surface area contributed by atoms with E-state index in [1.165, 1.54) is 6.07 Å². The highest BCUT2D eigenvalue weighted by Crippen LogP contribution is 2.33. The Morgan fingerprint density at radius 3 is 2.38 bits per heavy atom. The quantitative estimate of drug-likeness (QED) is 0.387. The summed E-state index contributed by atoms with van der Waals surface area (Å²) >= 11 is 0. The molecular weight excluding hydrogens is 364 g/mol. The lowest BCUT2D eigenvalue weighted by atomic mass is 10.1. The van der Waals surface area contributed by atoms with Gasteiger partial charge in [-0.3, -0.25) is 0 Å². The van der Waals surface area contributed by atoms with Gasteiger partial charge in [0.1, 0.15) is 17.0 Å². The van der Waals surface area contributed by atoms with Crippen LogP contribution in [-0.2, 0) is 0 Å². The van der Waals surface area contributed by atoms with Gasteiger partial charge in [-0.25, -0.2) is 4.79 Å². The molecule has 0 amide bonds. The van der Waals surface area contributed by atoms with E-state index in [1.807, 2.05) is 73.7 Å². The van der Waals surface area contributed by atoms with Crippen molar-refractivity contribution >= 4 is 21.7 Å². The summed E-state index contributed by atoms with van der Waals surface area (Å²) in [6, 6.07) is 24.7. The predicted octanol–water partition coefficient (Wildman–Crippen LogP) is 5.50. The minimum atomic E-state index is -0.385. The lowest BCUT2D eigenvalue weighted by molar-refractivity contribution is 0.460. The van der Waals surface area contributed by atoms with E-state index in [1.54, 1.807) is 6.07 Å². The highest BCUT2D eigenvalue weighted by atomic mass is 16.5. The molecule has 0 saturated heterocycles. The summed E-state index contributed by atoms with van der Waals surface area (Å²) in [5.41, 5.74) is 2.75. The zero-order valence-electron chi connectivity index (χ0n) is 15.6. The molecule has 5 rings (SSSR count). The van der Waals surface area contributed by atoms with Gasteiger partial charge in [0.05, 0.1) is 0 Å². The van der Waals surface area contributed by atoms with E-state index in [9.17, 15) is 4.79 Å².